The molecule has 0 N–H and O–H groups in total. The fourth-order valence-electron chi connectivity index (χ4n) is 2.35. The summed E-state index contributed by atoms with van der Waals surface area (Å²) in [5, 5.41) is 0. The monoisotopic (exact) mass is 317 g/mol. The molecule has 0 amide bonds. The van der Waals surface area contributed by atoms with Gasteiger partial charge < -0.3 is 9.47 Å². The first-order chi connectivity index (χ1) is 11.1. The Morgan fingerprint density at radius 1 is 1.13 bits per heavy atom. The average Bonchev–Trinajstić information content (AvgIpc) is 2.98. The minimum Gasteiger partial charge on any atom is -0.494 e. The van der Waals surface area contributed by atoms with Crippen LogP contribution in [0.2, 0.25) is 0 Å². The lowest BCUT2D eigenvalue weighted by atomic mass is 10.2. The van der Waals surface area contributed by atoms with Crippen molar-refractivity contribution < 1.29 is 18.3 Å². The number of hydrogen-bond donors (Lipinski definition) is 0. The average molecular weight is 317 g/mol. The second-order valence-corrected chi connectivity index (χ2v) is 5.45. The van der Waals surface area contributed by atoms with E-state index in [4.69, 9.17) is 9.47 Å². The van der Waals surface area contributed by atoms with E-state index in [-0.39, 0.29) is 17.5 Å². The highest BCUT2D eigenvalue weighted by atomic mass is 19.1. The van der Waals surface area contributed by atoms with Crippen LogP contribution < -0.4 is 4.74 Å². The van der Waals surface area contributed by atoms with E-state index in [2.05, 4.69) is 4.99 Å². The van der Waals surface area contributed by atoms with Gasteiger partial charge >= 0.3 is 0 Å². The van der Waals surface area contributed by atoms with Gasteiger partial charge in [0.1, 0.15) is 29.6 Å². The highest BCUT2D eigenvalue weighted by molar-refractivity contribution is 5.95. The zero-order valence-corrected chi connectivity index (χ0v) is 12.8. The quantitative estimate of drug-likeness (QED) is 0.838. The van der Waals surface area contributed by atoms with Crippen LogP contribution in [0.5, 0.6) is 5.75 Å². The minimum atomic E-state index is -0.666. The second kappa shape index (κ2) is 6.77. The summed E-state index contributed by atoms with van der Waals surface area (Å²) in [6.07, 6.45) is 0.619. The van der Waals surface area contributed by atoms with Crippen LogP contribution in [0.15, 0.2) is 47.5 Å². The molecule has 0 bridgehead atoms. The van der Waals surface area contributed by atoms with E-state index >= 15 is 0 Å². The van der Waals surface area contributed by atoms with Crippen molar-refractivity contribution in [2.45, 2.75) is 19.4 Å². The lowest BCUT2D eigenvalue weighted by Crippen LogP contribution is -2.11. The molecule has 0 radical (unpaired) electrons. The Kier molecular flexibility index (Phi) is 4.55. The molecule has 2 aromatic carbocycles. The van der Waals surface area contributed by atoms with Crippen molar-refractivity contribution in [3.8, 4) is 5.75 Å². The molecule has 23 heavy (non-hydrogen) atoms. The standard InChI is InChI=1S/C18H17F2NO2/c1-12-5-7-14(8-6-12)22-10-9-13-11-23-18(21-13)17-15(19)3-2-4-16(17)20/h2-8,13H,9-11H2,1H3. The Morgan fingerprint density at radius 3 is 2.52 bits per heavy atom. The van der Waals surface area contributed by atoms with Crippen molar-refractivity contribution in [3.63, 3.8) is 0 Å². The minimum absolute atomic E-state index is 0.0286. The summed E-state index contributed by atoms with van der Waals surface area (Å²) in [5.41, 5.74) is 0.970. The van der Waals surface area contributed by atoms with Crippen LogP contribution in [0.1, 0.15) is 17.5 Å². The van der Waals surface area contributed by atoms with E-state index in [1.54, 1.807) is 0 Å². The van der Waals surface area contributed by atoms with Gasteiger partial charge in [-0.25, -0.2) is 13.8 Å². The maximum absolute atomic E-state index is 13.7. The molecule has 3 rings (SSSR count). The summed E-state index contributed by atoms with van der Waals surface area (Å²) in [7, 11) is 0. The summed E-state index contributed by atoms with van der Waals surface area (Å²) in [5.74, 6) is -0.514. The smallest absolute Gasteiger partial charge is 0.222 e. The molecule has 0 saturated carbocycles. The van der Waals surface area contributed by atoms with Gasteiger partial charge in [0.15, 0.2) is 0 Å². The van der Waals surface area contributed by atoms with Crippen molar-refractivity contribution in [3.05, 3.63) is 65.2 Å². The first kappa shape index (κ1) is 15.5. The molecule has 3 nitrogen and oxygen atoms in total. The molecule has 2 aromatic rings. The normalized spacial score (nSPS) is 16.8. The van der Waals surface area contributed by atoms with Crippen LogP contribution >= 0.6 is 0 Å². The molecule has 0 spiro atoms. The largest absolute Gasteiger partial charge is 0.494 e. The van der Waals surface area contributed by atoms with Crippen LogP contribution in [0, 0.1) is 18.6 Å². The first-order valence-corrected chi connectivity index (χ1v) is 7.48. The molecular formula is C18H17F2NO2. The molecule has 0 aliphatic carbocycles. The molecule has 120 valence electrons. The maximum atomic E-state index is 13.7. The summed E-state index contributed by atoms with van der Waals surface area (Å²) >= 11 is 0. The topological polar surface area (TPSA) is 30.8 Å². The van der Waals surface area contributed by atoms with Gasteiger partial charge in [0.25, 0.3) is 0 Å². The molecule has 5 heteroatoms. The molecule has 1 heterocycles. The highest BCUT2D eigenvalue weighted by Crippen LogP contribution is 2.20. The third-order valence-corrected chi connectivity index (χ3v) is 3.63. The zero-order chi connectivity index (χ0) is 16.2. The Labute approximate surface area is 133 Å². The van der Waals surface area contributed by atoms with Crippen LogP contribution in [0.3, 0.4) is 0 Å². The van der Waals surface area contributed by atoms with Crippen LogP contribution in [0.25, 0.3) is 0 Å². The fraction of sp³-hybridized carbons (Fsp3) is 0.278. The van der Waals surface area contributed by atoms with Gasteiger partial charge in [0.05, 0.1) is 12.6 Å². The molecule has 1 aliphatic heterocycles. The highest BCUT2D eigenvalue weighted by Gasteiger charge is 2.24. The fourth-order valence-corrected chi connectivity index (χ4v) is 2.35. The zero-order valence-electron chi connectivity index (χ0n) is 12.8. The number of benzene rings is 2. The van der Waals surface area contributed by atoms with Crippen LogP contribution in [-0.4, -0.2) is 25.2 Å². The van der Waals surface area contributed by atoms with Gasteiger partial charge in [0.2, 0.25) is 5.90 Å². The van der Waals surface area contributed by atoms with Gasteiger partial charge in [0, 0.05) is 6.42 Å². The van der Waals surface area contributed by atoms with Gasteiger partial charge in [-0.2, -0.15) is 0 Å². The van der Waals surface area contributed by atoms with Gasteiger partial charge in [-0.05, 0) is 31.2 Å². The molecule has 0 saturated heterocycles. The second-order valence-electron chi connectivity index (χ2n) is 5.45. The van der Waals surface area contributed by atoms with Crippen molar-refractivity contribution in [1.82, 2.24) is 0 Å². The molecule has 1 atom stereocenters. The van der Waals surface area contributed by atoms with Crippen molar-refractivity contribution >= 4 is 5.90 Å². The number of nitrogens with zero attached hydrogens (tertiary/aromatic N) is 1. The van der Waals surface area contributed by atoms with Gasteiger partial charge in [-0.3, -0.25) is 0 Å². The number of halogens is 2. The van der Waals surface area contributed by atoms with Crippen LogP contribution in [-0.2, 0) is 4.74 Å². The van der Waals surface area contributed by atoms with E-state index in [1.807, 2.05) is 31.2 Å². The van der Waals surface area contributed by atoms with Gasteiger partial charge in [-0.1, -0.05) is 23.8 Å². The summed E-state index contributed by atoms with van der Waals surface area (Å²) in [6, 6.07) is 11.3. The predicted molar refractivity (Wildman–Crippen MR) is 83.9 cm³/mol. The molecule has 0 aromatic heterocycles. The predicted octanol–water partition coefficient (Wildman–Crippen LogP) is 3.89. The molecule has 1 unspecified atom stereocenters. The SMILES string of the molecule is Cc1ccc(OCCC2COC(c3c(F)cccc3F)=N2)cc1. The Morgan fingerprint density at radius 2 is 1.83 bits per heavy atom. The number of hydrogen-bond acceptors (Lipinski definition) is 3. The molecule has 1 aliphatic rings. The van der Waals surface area contributed by atoms with Crippen molar-refractivity contribution in [2.24, 2.45) is 4.99 Å². The van der Waals surface area contributed by atoms with E-state index in [1.165, 1.54) is 23.8 Å². The molecular weight excluding hydrogens is 300 g/mol. The van der Waals surface area contributed by atoms with E-state index in [9.17, 15) is 8.78 Å². The number of ether oxygens (including phenoxy) is 2. The van der Waals surface area contributed by atoms with E-state index < -0.39 is 11.6 Å². The maximum Gasteiger partial charge on any atom is 0.222 e. The Balaban J connectivity index is 1.58. The summed E-state index contributed by atoms with van der Waals surface area (Å²) in [4.78, 5) is 4.26. The lowest BCUT2D eigenvalue weighted by molar-refractivity contribution is 0.264. The van der Waals surface area contributed by atoms with E-state index in [0.717, 1.165) is 5.75 Å². The lowest BCUT2D eigenvalue weighted by Gasteiger charge is -2.08. The Bertz CT molecular complexity index is 693. The number of rotatable bonds is 5. The van der Waals surface area contributed by atoms with Crippen molar-refractivity contribution in [2.75, 3.05) is 13.2 Å². The Hall–Kier alpha value is -2.43. The summed E-state index contributed by atoms with van der Waals surface area (Å²) < 4.78 is 38.4. The van der Waals surface area contributed by atoms with E-state index in [0.29, 0.717) is 19.6 Å². The third kappa shape index (κ3) is 3.67. The first-order valence-electron chi connectivity index (χ1n) is 7.48. The third-order valence-electron chi connectivity index (χ3n) is 3.63. The summed E-state index contributed by atoms with van der Waals surface area (Å²) in [6.45, 7) is 2.78. The van der Waals surface area contributed by atoms with Gasteiger partial charge in [-0.15, -0.1) is 0 Å². The van der Waals surface area contributed by atoms with Crippen LogP contribution in [0.4, 0.5) is 8.78 Å². The molecule has 0 fully saturated rings. The number of aryl methyl sites for hydroxylation is 1. The number of aliphatic imine (C=N–C) groups is 1. The van der Waals surface area contributed by atoms with Crippen molar-refractivity contribution in [1.29, 1.82) is 0 Å².